The monoisotopic (exact) mass is 221 g/mol. The number of likely N-dealkylation sites (N-methyl/N-ethyl adjacent to an activating group) is 1. The molecule has 1 N–H and O–H groups in total. The maximum absolute atomic E-state index is 13.0. The van der Waals surface area contributed by atoms with Crippen LogP contribution in [0.25, 0.3) is 0 Å². The smallest absolute Gasteiger partial charge is 0.319 e. The minimum Gasteiger partial charge on any atom is -0.319 e. The van der Waals surface area contributed by atoms with E-state index in [0.29, 0.717) is 18.5 Å². The molecule has 0 fully saturated rings. The van der Waals surface area contributed by atoms with Crippen LogP contribution >= 0.6 is 0 Å². The van der Waals surface area contributed by atoms with E-state index in [0.717, 1.165) is 12.1 Å². The van der Waals surface area contributed by atoms with Crippen LogP contribution in [0, 0.1) is 5.82 Å². The minimum absolute atomic E-state index is 0.506. The molecule has 0 atom stereocenters. The van der Waals surface area contributed by atoms with E-state index in [1.54, 1.807) is 7.05 Å². The van der Waals surface area contributed by atoms with Gasteiger partial charge < -0.3 is 5.32 Å². The van der Waals surface area contributed by atoms with Crippen LogP contribution in [-0.4, -0.2) is 13.6 Å². The van der Waals surface area contributed by atoms with Crippen molar-refractivity contribution in [3.05, 3.63) is 35.1 Å². The molecule has 1 aromatic carbocycles. The Morgan fingerprint density at radius 2 is 1.93 bits per heavy atom. The first-order valence-electron chi connectivity index (χ1n) is 4.45. The van der Waals surface area contributed by atoms with Crippen molar-refractivity contribution in [3.63, 3.8) is 0 Å². The molecular formula is C10H11F4N. The predicted octanol–water partition coefficient (Wildman–Crippen LogP) is 2.61. The number of halogens is 4. The molecule has 0 unspecified atom stereocenters. The van der Waals surface area contributed by atoms with Gasteiger partial charge in [-0.2, -0.15) is 13.2 Å². The lowest BCUT2D eigenvalue weighted by Gasteiger charge is -2.09. The molecule has 0 saturated heterocycles. The molecular weight excluding hydrogens is 210 g/mol. The van der Waals surface area contributed by atoms with E-state index in [2.05, 4.69) is 5.32 Å². The van der Waals surface area contributed by atoms with E-state index in [-0.39, 0.29) is 0 Å². The average Bonchev–Trinajstić information content (AvgIpc) is 2.12. The third-order valence-corrected chi connectivity index (χ3v) is 2.00. The number of hydrogen-bond donors (Lipinski definition) is 1. The highest BCUT2D eigenvalue weighted by Gasteiger charge is 2.33. The van der Waals surface area contributed by atoms with Crippen LogP contribution in [0.2, 0.25) is 0 Å². The lowest BCUT2D eigenvalue weighted by molar-refractivity contribution is -0.140. The van der Waals surface area contributed by atoms with Gasteiger partial charge in [-0.15, -0.1) is 0 Å². The number of alkyl halides is 3. The van der Waals surface area contributed by atoms with Crippen molar-refractivity contribution in [2.24, 2.45) is 0 Å². The largest absolute Gasteiger partial charge is 0.419 e. The Kier molecular flexibility index (Phi) is 3.68. The molecule has 5 heteroatoms. The van der Waals surface area contributed by atoms with Crippen LogP contribution in [0.4, 0.5) is 17.6 Å². The molecule has 0 bridgehead atoms. The lowest BCUT2D eigenvalue weighted by atomic mass is 10.1. The van der Waals surface area contributed by atoms with Gasteiger partial charge in [-0.25, -0.2) is 4.39 Å². The van der Waals surface area contributed by atoms with Crippen LogP contribution in [-0.2, 0) is 12.6 Å². The van der Waals surface area contributed by atoms with Crippen molar-refractivity contribution < 1.29 is 17.6 Å². The fourth-order valence-corrected chi connectivity index (χ4v) is 1.21. The summed E-state index contributed by atoms with van der Waals surface area (Å²) in [6, 6.07) is 3.00. The van der Waals surface area contributed by atoms with Gasteiger partial charge >= 0.3 is 6.18 Å². The van der Waals surface area contributed by atoms with E-state index in [1.807, 2.05) is 0 Å². The van der Waals surface area contributed by atoms with E-state index < -0.39 is 17.6 Å². The maximum atomic E-state index is 13.0. The molecule has 0 aliphatic carbocycles. The van der Waals surface area contributed by atoms with Gasteiger partial charge in [-0.1, -0.05) is 6.07 Å². The zero-order chi connectivity index (χ0) is 11.5. The van der Waals surface area contributed by atoms with Crippen molar-refractivity contribution in [2.75, 3.05) is 13.6 Å². The number of benzene rings is 1. The molecule has 0 aromatic heterocycles. The Morgan fingerprint density at radius 3 is 2.40 bits per heavy atom. The molecule has 0 radical (unpaired) electrons. The third-order valence-electron chi connectivity index (χ3n) is 2.00. The molecule has 1 nitrogen and oxygen atoms in total. The van der Waals surface area contributed by atoms with E-state index in [4.69, 9.17) is 0 Å². The van der Waals surface area contributed by atoms with Crippen molar-refractivity contribution in [1.29, 1.82) is 0 Å². The van der Waals surface area contributed by atoms with Gasteiger partial charge in [-0.05, 0) is 37.7 Å². The minimum atomic E-state index is -4.62. The number of hydrogen-bond acceptors (Lipinski definition) is 1. The summed E-state index contributed by atoms with van der Waals surface area (Å²) in [7, 11) is 1.72. The van der Waals surface area contributed by atoms with Crippen LogP contribution in [0.5, 0.6) is 0 Å². The molecule has 0 heterocycles. The summed E-state index contributed by atoms with van der Waals surface area (Å²) in [6.07, 6.45) is -4.11. The quantitative estimate of drug-likeness (QED) is 0.773. The van der Waals surface area contributed by atoms with Crippen LogP contribution in [0.1, 0.15) is 11.1 Å². The second-order valence-electron chi connectivity index (χ2n) is 3.17. The highest BCUT2D eigenvalue weighted by Crippen LogP contribution is 2.31. The SMILES string of the molecule is CNCCc1ccc(C(F)(F)F)c(F)c1. The second kappa shape index (κ2) is 4.61. The summed E-state index contributed by atoms with van der Waals surface area (Å²) in [6.45, 7) is 0.602. The summed E-state index contributed by atoms with van der Waals surface area (Å²) >= 11 is 0. The van der Waals surface area contributed by atoms with Gasteiger partial charge in [0.25, 0.3) is 0 Å². The van der Waals surface area contributed by atoms with Gasteiger partial charge in [0.1, 0.15) is 5.82 Å². The van der Waals surface area contributed by atoms with Gasteiger partial charge in [-0.3, -0.25) is 0 Å². The Labute approximate surface area is 85.1 Å². The molecule has 0 saturated carbocycles. The predicted molar refractivity (Wildman–Crippen MR) is 49.0 cm³/mol. The fraction of sp³-hybridized carbons (Fsp3) is 0.400. The summed E-state index contributed by atoms with van der Waals surface area (Å²) in [5.74, 6) is -1.21. The highest BCUT2D eigenvalue weighted by molar-refractivity contribution is 5.26. The zero-order valence-electron chi connectivity index (χ0n) is 8.16. The first-order chi connectivity index (χ1) is 6.95. The zero-order valence-corrected chi connectivity index (χ0v) is 8.16. The molecule has 15 heavy (non-hydrogen) atoms. The van der Waals surface area contributed by atoms with Gasteiger partial charge in [0.05, 0.1) is 5.56 Å². The average molecular weight is 221 g/mol. The van der Waals surface area contributed by atoms with Crippen LogP contribution in [0.3, 0.4) is 0 Å². The van der Waals surface area contributed by atoms with E-state index >= 15 is 0 Å². The van der Waals surface area contributed by atoms with Crippen LogP contribution < -0.4 is 5.32 Å². The molecule has 0 amide bonds. The van der Waals surface area contributed by atoms with Crippen molar-refractivity contribution >= 4 is 0 Å². The summed E-state index contributed by atoms with van der Waals surface area (Å²) in [4.78, 5) is 0. The fourth-order valence-electron chi connectivity index (χ4n) is 1.21. The molecule has 0 aliphatic rings. The lowest BCUT2D eigenvalue weighted by Crippen LogP contribution is -2.12. The van der Waals surface area contributed by atoms with E-state index in [9.17, 15) is 17.6 Å². The van der Waals surface area contributed by atoms with E-state index in [1.165, 1.54) is 6.07 Å². The Hall–Kier alpha value is -1.10. The van der Waals surface area contributed by atoms with Gasteiger partial charge in [0.2, 0.25) is 0 Å². The molecule has 84 valence electrons. The molecule has 0 aliphatic heterocycles. The summed E-state index contributed by atoms with van der Waals surface area (Å²) < 4.78 is 49.6. The standard InChI is InChI=1S/C10H11F4N/c1-15-5-4-7-2-3-8(9(11)6-7)10(12,13)14/h2-3,6,15H,4-5H2,1H3. The van der Waals surface area contributed by atoms with Crippen LogP contribution in [0.15, 0.2) is 18.2 Å². The van der Waals surface area contributed by atoms with Crippen molar-refractivity contribution in [2.45, 2.75) is 12.6 Å². The molecule has 0 spiro atoms. The topological polar surface area (TPSA) is 12.0 Å². The Bertz CT molecular complexity index is 333. The van der Waals surface area contributed by atoms with Gasteiger partial charge in [0, 0.05) is 0 Å². The first-order valence-corrected chi connectivity index (χ1v) is 4.45. The maximum Gasteiger partial charge on any atom is 0.419 e. The molecule has 1 rings (SSSR count). The normalized spacial score (nSPS) is 11.8. The second-order valence-corrected chi connectivity index (χ2v) is 3.17. The third kappa shape index (κ3) is 3.20. The summed E-state index contributed by atoms with van der Waals surface area (Å²) in [5, 5.41) is 2.84. The summed E-state index contributed by atoms with van der Waals surface area (Å²) in [5.41, 5.74) is -0.662. The van der Waals surface area contributed by atoms with Crippen molar-refractivity contribution in [1.82, 2.24) is 5.32 Å². The Morgan fingerprint density at radius 1 is 1.27 bits per heavy atom. The van der Waals surface area contributed by atoms with Crippen molar-refractivity contribution in [3.8, 4) is 0 Å². The number of rotatable bonds is 3. The number of nitrogens with one attached hydrogen (secondary N) is 1. The Balaban J connectivity index is 2.89. The molecule has 1 aromatic rings. The first kappa shape index (κ1) is 12.0. The highest BCUT2D eigenvalue weighted by atomic mass is 19.4. The van der Waals surface area contributed by atoms with Gasteiger partial charge in [0.15, 0.2) is 0 Å².